The van der Waals surface area contributed by atoms with E-state index in [0.29, 0.717) is 23.5 Å². The Kier molecular flexibility index (Phi) is 7.14. The highest BCUT2D eigenvalue weighted by Gasteiger charge is 2.31. The molecule has 0 bridgehead atoms. The lowest BCUT2D eigenvalue weighted by atomic mass is 10.0. The number of hydrogen-bond acceptors (Lipinski definition) is 6. The molecule has 0 unspecified atom stereocenters. The average Bonchev–Trinajstić information content (AvgIpc) is 3.18. The summed E-state index contributed by atoms with van der Waals surface area (Å²) in [5.41, 5.74) is 1.24. The molecule has 11 heteroatoms. The zero-order valence-corrected chi connectivity index (χ0v) is 19.3. The van der Waals surface area contributed by atoms with Crippen LogP contribution in [0, 0.1) is 36.0 Å². The van der Waals surface area contributed by atoms with Gasteiger partial charge in [0.1, 0.15) is 17.2 Å². The molecule has 0 atom stereocenters. The van der Waals surface area contributed by atoms with Crippen LogP contribution in [0.4, 0.5) is 22.0 Å². The van der Waals surface area contributed by atoms with Gasteiger partial charge in [-0.1, -0.05) is 18.2 Å². The number of rotatable bonds is 7. The molecule has 1 heterocycles. The van der Waals surface area contributed by atoms with Crippen LogP contribution in [-0.2, 0) is 4.79 Å². The number of ketones is 1. The Hall–Kier alpha value is -4.41. The number of carbonyl (C=O) groups excluding carboxylic acids is 2. The molecule has 0 aromatic heterocycles. The van der Waals surface area contributed by atoms with E-state index in [-0.39, 0.29) is 22.8 Å². The molecule has 37 heavy (non-hydrogen) atoms. The fourth-order valence-electron chi connectivity index (χ4n) is 3.57. The van der Waals surface area contributed by atoms with Gasteiger partial charge in [-0.3, -0.25) is 4.79 Å². The molecule has 0 amide bonds. The average molecular weight is 520 g/mol. The number of benzene rings is 3. The number of halogens is 5. The van der Waals surface area contributed by atoms with Crippen molar-refractivity contribution in [3.8, 4) is 23.0 Å². The summed E-state index contributed by atoms with van der Waals surface area (Å²) in [4.78, 5) is 25.0. The van der Waals surface area contributed by atoms with Crippen LogP contribution in [0.2, 0.25) is 0 Å². The summed E-state index contributed by atoms with van der Waals surface area (Å²) < 4.78 is 87.9. The Labute approximate surface area is 206 Å². The molecule has 0 saturated carbocycles. The number of aryl methyl sites for hydroxylation is 1. The highest BCUT2D eigenvalue weighted by Crippen LogP contribution is 2.38. The molecule has 1 aliphatic rings. The summed E-state index contributed by atoms with van der Waals surface area (Å²) in [5, 5.41) is 0. The smallest absolute Gasteiger partial charge is 0.349 e. The topological polar surface area (TPSA) is 71.1 Å². The molecule has 0 N–H and O–H groups in total. The second kappa shape index (κ2) is 10.3. The summed E-state index contributed by atoms with van der Waals surface area (Å²) >= 11 is 0. The number of allylic oxidation sites excluding steroid dienone is 1. The fraction of sp³-hybridized carbons (Fsp3) is 0.154. The summed E-state index contributed by atoms with van der Waals surface area (Å²) in [5.74, 6) is -14.0. The third-order valence-corrected chi connectivity index (χ3v) is 5.18. The van der Waals surface area contributed by atoms with E-state index in [1.807, 2.05) is 6.92 Å². The highest BCUT2D eigenvalue weighted by molar-refractivity contribution is 6.15. The molecule has 0 saturated heterocycles. The quantitative estimate of drug-likeness (QED) is 0.0996. The van der Waals surface area contributed by atoms with Crippen LogP contribution in [0.15, 0.2) is 42.2 Å². The lowest BCUT2D eigenvalue weighted by molar-refractivity contribution is -0.136. The summed E-state index contributed by atoms with van der Waals surface area (Å²) in [6.45, 7) is 2.63. The number of hydrogen-bond donors (Lipinski definition) is 0. The standard InChI is InChI=1S/C26H17F5O6/c1-3-34-15-7-5-4-6-13(15)9-17-25(33)19-12(2)8-14(10-16(19)37-17)36-18(32)11-35-26-23(30)21(28)20(27)22(29)24(26)31/h4-10H,3,11H2,1-2H3/b17-9-. The molecular weight excluding hydrogens is 503 g/mol. The molecule has 1 aliphatic heterocycles. The number of para-hydroxylation sites is 1. The van der Waals surface area contributed by atoms with Crippen LogP contribution in [0.5, 0.6) is 23.0 Å². The van der Waals surface area contributed by atoms with Gasteiger partial charge in [-0.25, -0.2) is 18.0 Å². The van der Waals surface area contributed by atoms with Crippen LogP contribution in [-0.4, -0.2) is 25.0 Å². The normalized spacial score (nSPS) is 13.4. The first kappa shape index (κ1) is 25.7. The summed E-state index contributed by atoms with van der Waals surface area (Å²) in [6.07, 6.45) is 1.51. The lowest BCUT2D eigenvalue weighted by Gasteiger charge is -2.11. The van der Waals surface area contributed by atoms with Gasteiger partial charge < -0.3 is 18.9 Å². The van der Waals surface area contributed by atoms with E-state index in [2.05, 4.69) is 4.74 Å². The van der Waals surface area contributed by atoms with E-state index in [1.54, 1.807) is 31.2 Å². The molecule has 192 valence electrons. The Morgan fingerprint density at radius 2 is 1.59 bits per heavy atom. The van der Waals surface area contributed by atoms with E-state index in [4.69, 9.17) is 14.2 Å². The molecule has 3 aromatic rings. The SMILES string of the molecule is CCOc1ccccc1/C=C1\Oc2cc(OC(=O)COc3c(F)c(F)c(F)c(F)c3F)cc(C)c2C1=O. The van der Waals surface area contributed by atoms with Crippen LogP contribution in [0.1, 0.15) is 28.4 Å². The van der Waals surface area contributed by atoms with Crippen LogP contribution in [0.3, 0.4) is 0 Å². The largest absolute Gasteiger partial charge is 0.493 e. The van der Waals surface area contributed by atoms with Gasteiger partial charge >= 0.3 is 5.97 Å². The third kappa shape index (κ3) is 4.97. The minimum atomic E-state index is -2.36. The van der Waals surface area contributed by atoms with Gasteiger partial charge in [-0.15, -0.1) is 0 Å². The minimum absolute atomic E-state index is 0.00313. The zero-order valence-electron chi connectivity index (χ0n) is 19.3. The highest BCUT2D eigenvalue weighted by atomic mass is 19.2. The molecule has 3 aromatic carbocycles. The van der Waals surface area contributed by atoms with E-state index in [1.165, 1.54) is 18.2 Å². The minimum Gasteiger partial charge on any atom is -0.493 e. The Morgan fingerprint density at radius 1 is 0.946 bits per heavy atom. The van der Waals surface area contributed by atoms with Gasteiger partial charge in [-0.05, 0) is 37.6 Å². The maximum absolute atomic E-state index is 13.7. The van der Waals surface area contributed by atoms with Crippen molar-refractivity contribution in [2.75, 3.05) is 13.2 Å². The van der Waals surface area contributed by atoms with Crippen LogP contribution in [0.25, 0.3) is 6.08 Å². The van der Waals surface area contributed by atoms with Gasteiger partial charge in [0, 0.05) is 11.6 Å². The van der Waals surface area contributed by atoms with Gasteiger partial charge in [0.2, 0.25) is 34.9 Å². The molecule has 6 nitrogen and oxygen atoms in total. The Morgan fingerprint density at radius 3 is 2.27 bits per heavy atom. The molecular formula is C26H17F5O6. The molecule has 0 spiro atoms. The summed E-state index contributed by atoms with van der Waals surface area (Å²) in [7, 11) is 0. The second-order valence-corrected chi connectivity index (χ2v) is 7.69. The van der Waals surface area contributed by atoms with Crippen molar-refractivity contribution in [3.05, 3.63) is 87.9 Å². The fourth-order valence-corrected chi connectivity index (χ4v) is 3.57. The van der Waals surface area contributed by atoms with Crippen LogP contribution >= 0.6 is 0 Å². The molecule has 4 rings (SSSR count). The predicted octanol–water partition coefficient (Wildman–Crippen LogP) is 5.69. The first-order valence-corrected chi connectivity index (χ1v) is 10.8. The number of carbonyl (C=O) groups is 2. The van der Waals surface area contributed by atoms with Crippen molar-refractivity contribution in [1.29, 1.82) is 0 Å². The van der Waals surface area contributed by atoms with Gasteiger partial charge in [0.15, 0.2) is 18.1 Å². The maximum Gasteiger partial charge on any atom is 0.349 e. The van der Waals surface area contributed by atoms with Gasteiger partial charge in [0.25, 0.3) is 0 Å². The van der Waals surface area contributed by atoms with Crippen molar-refractivity contribution < 1.29 is 50.5 Å². The van der Waals surface area contributed by atoms with Crippen molar-refractivity contribution >= 4 is 17.8 Å². The van der Waals surface area contributed by atoms with E-state index in [9.17, 15) is 31.5 Å². The van der Waals surface area contributed by atoms with Crippen molar-refractivity contribution in [3.63, 3.8) is 0 Å². The zero-order chi connectivity index (χ0) is 26.9. The van der Waals surface area contributed by atoms with Crippen molar-refractivity contribution in [1.82, 2.24) is 0 Å². The molecule has 0 radical (unpaired) electrons. The first-order valence-electron chi connectivity index (χ1n) is 10.8. The lowest BCUT2D eigenvalue weighted by Crippen LogP contribution is -2.19. The van der Waals surface area contributed by atoms with Crippen LogP contribution < -0.4 is 18.9 Å². The number of fused-ring (bicyclic) bond motifs is 1. The number of Topliss-reactive ketones (excluding diaryl/α,β-unsaturated/α-hetero) is 1. The van der Waals surface area contributed by atoms with Gasteiger partial charge in [-0.2, -0.15) is 8.78 Å². The Balaban J connectivity index is 1.51. The van der Waals surface area contributed by atoms with E-state index < -0.39 is 53.2 Å². The Bertz CT molecular complexity index is 1420. The van der Waals surface area contributed by atoms with Crippen molar-refractivity contribution in [2.24, 2.45) is 0 Å². The summed E-state index contributed by atoms with van der Waals surface area (Å²) in [6, 6.07) is 9.60. The molecule has 0 fully saturated rings. The van der Waals surface area contributed by atoms with Crippen molar-refractivity contribution in [2.45, 2.75) is 13.8 Å². The van der Waals surface area contributed by atoms with E-state index in [0.717, 1.165) is 0 Å². The monoisotopic (exact) mass is 520 g/mol. The predicted molar refractivity (Wildman–Crippen MR) is 119 cm³/mol. The first-order chi connectivity index (χ1) is 17.6. The van der Waals surface area contributed by atoms with E-state index >= 15 is 0 Å². The number of esters is 1. The number of ether oxygens (including phenoxy) is 4. The maximum atomic E-state index is 13.7. The van der Waals surface area contributed by atoms with Gasteiger partial charge in [0.05, 0.1) is 12.2 Å². The molecule has 0 aliphatic carbocycles. The third-order valence-electron chi connectivity index (χ3n) is 5.18. The second-order valence-electron chi connectivity index (χ2n) is 7.69.